The molecule has 86 valence electrons. The van der Waals surface area contributed by atoms with E-state index in [4.69, 9.17) is 0 Å². The molecule has 0 bridgehead atoms. The molecule has 0 aromatic carbocycles. The fourth-order valence-electron chi connectivity index (χ4n) is 1.77. The topological polar surface area (TPSA) is 32.3 Å². The van der Waals surface area contributed by atoms with Crippen molar-refractivity contribution in [1.29, 1.82) is 0 Å². The van der Waals surface area contributed by atoms with Gasteiger partial charge in [-0.1, -0.05) is 24.6 Å². The van der Waals surface area contributed by atoms with Crippen molar-refractivity contribution in [3.8, 4) is 0 Å². The monoisotopic (exact) mass is 236 g/mol. The van der Waals surface area contributed by atoms with Crippen molar-refractivity contribution >= 4 is 17.2 Å². The Balaban J connectivity index is 1.91. The Bertz CT molecular complexity index is 384. The summed E-state index contributed by atoms with van der Waals surface area (Å²) in [6.07, 6.45) is 4.35. The van der Waals surface area contributed by atoms with Crippen LogP contribution >= 0.6 is 11.3 Å². The third kappa shape index (κ3) is 2.71. The minimum atomic E-state index is 0.00681. The van der Waals surface area contributed by atoms with E-state index < -0.39 is 0 Å². The number of carbonyl (C=O) groups excluding carboxylic acids is 1. The van der Waals surface area contributed by atoms with Crippen LogP contribution < -0.4 is 5.43 Å². The van der Waals surface area contributed by atoms with E-state index >= 15 is 0 Å². The van der Waals surface area contributed by atoms with E-state index in [9.17, 15) is 4.79 Å². The maximum absolute atomic E-state index is 11.8. The summed E-state index contributed by atoms with van der Waals surface area (Å²) in [6, 6.07) is 3.74. The zero-order valence-electron chi connectivity index (χ0n) is 9.40. The highest BCUT2D eigenvalue weighted by Crippen LogP contribution is 2.12. The fourth-order valence-corrected chi connectivity index (χ4v) is 2.38. The summed E-state index contributed by atoms with van der Waals surface area (Å²) >= 11 is 1.47. The molecule has 0 saturated carbocycles. The second-order valence-corrected chi connectivity index (χ2v) is 4.79. The molecule has 0 spiro atoms. The van der Waals surface area contributed by atoms with Gasteiger partial charge in [0.1, 0.15) is 0 Å². The minimum absolute atomic E-state index is 0.00681. The maximum Gasteiger partial charge on any atom is 0.275 e. The highest BCUT2D eigenvalue weighted by molar-refractivity contribution is 7.12. The number of hydrogen-bond donors (Lipinski definition) is 1. The molecule has 1 aromatic heterocycles. The molecule has 1 aromatic rings. The van der Waals surface area contributed by atoms with E-state index in [0.29, 0.717) is 0 Å². The third-order valence-electron chi connectivity index (χ3n) is 2.68. The van der Waals surface area contributed by atoms with Gasteiger partial charge in [-0.25, -0.2) is 5.01 Å². The molecule has 0 radical (unpaired) electrons. The number of carbonyl (C=O) groups is 1. The largest absolute Gasteiger partial charge is 0.284 e. The standard InChI is InChI=1S/C12H16N2OS/c1-2-10-5-3-7-14(9-10)13-12(15)11-6-4-8-16-11/h4-6,8H,2-3,7,9H2,1H3,(H,13,15). The predicted octanol–water partition coefficient (Wildman–Crippen LogP) is 2.44. The summed E-state index contributed by atoms with van der Waals surface area (Å²) < 4.78 is 0. The molecule has 0 atom stereocenters. The highest BCUT2D eigenvalue weighted by atomic mass is 32.1. The quantitative estimate of drug-likeness (QED) is 0.818. The summed E-state index contributed by atoms with van der Waals surface area (Å²) in [4.78, 5) is 12.6. The van der Waals surface area contributed by atoms with Crippen molar-refractivity contribution < 1.29 is 4.79 Å². The molecule has 1 amide bonds. The molecule has 2 heterocycles. The van der Waals surface area contributed by atoms with Gasteiger partial charge < -0.3 is 0 Å². The first-order valence-electron chi connectivity index (χ1n) is 5.57. The summed E-state index contributed by atoms with van der Waals surface area (Å²) in [5.74, 6) is 0.00681. The number of nitrogens with zero attached hydrogens (tertiary/aromatic N) is 1. The van der Waals surface area contributed by atoms with Gasteiger partial charge in [0, 0.05) is 13.1 Å². The van der Waals surface area contributed by atoms with Gasteiger partial charge in [0.2, 0.25) is 0 Å². The van der Waals surface area contributed by atoms with E-state index in [2.05, 4.69) is 18.4 Å². The molecule has 0 unspecified atom stereocenters. The van der Waals surface area contributed by atoms with Crippen LogP contribution in [0.4, 0.5) is 0 Å². The molecule has 0 saturated heterocycles. The maximum atomic E-state index is 11.8. The Morgan fingerprint density at radius 1 is 1.62 bits per heavy atom. The number of rotatable bonds is 3. The van der Waals surface area contributed by atoms with Gasteiger partial charge >= 0.3 is 0 Å². The van der Waals surface area contributed by atoms with Crippen molar-refractivity contribution in [3.05, 3.63) is 34.0 Å². The third-order valence-corrected chi connectivity index (χ3v) is 3.55. The second-order valence-electron chi connectivity index (χ2n) is 3.84. The average molecular weight is 236 g/mol. The van der Waals surface area contributed by atoms with Crippen molar-refractivity contribution in [3.63, 3.8) is 0 Å². The van der Waals surface area contributed by atoms with Gasteiger partial charge in [0.15, 0.2) is 0 Å². The van der Waals surface area contributed by atoms with Gasteiger partial charge in [-0.3, -0.25) is 10.2 Å². The van der Waals surface area contributed by atoms with Crippen molar-refractivity contribution in [1.82, 2.24) is 10.4 Å². The summed E-state index contributed by atoms with van der Waals surface area (Å²) in [5, 5.41) is 3.92. The van der Waals surface area contributed by atoms with Gasteiger partial charge in [0.05, 0.1) is 4.88 Å². The zero-order chi connectivity index (χ0) is 11.4. The minimum Gasteiger partial charge on any atom is -0.284 e. The van der Waals surface area contributed by atoms with Crippen LogP contribution in [0.2, 0.25) is 0 Å². The van der Waals surface area contributed by atoms with E-state index in [1.165, 1.54) is 16.9 Å². The van der Waals surface area contributed by atoms with Crippen LogP contribution in [0.1, 0.15) is 29.4 Å². The summed E-state index contributed by atoms with van der Waals surface area (Å²) in [6.45, 7) is 3.91. The first-order chi connectivity index (χ1) is 7.79. The number of hydrogen-bond acceptors (Lipinski definition) is 3. The molecular weight excluding hydrogens is 220 g/mol. The molecule has 2 rings (SSSR count). The van der Waals surface area contributed by atoms with Crippen molar-refractivity contribution in [2.75, 3.05) is 13.1 Å². The smallest absolute Gasteiger partial charge is 0.275 e. The molecule has 16 heavy (non-hydrogen) atoms. The van der Waals surface area contributed by atoms with E-state index in [1.54, 1.807) is 0 Å². The summed E-state index contributed by atoms with van der Waals surface area (Å²) in [5.41, 5.74) is 4.35. The Labute approximate surface area is 99.7 Å². The normalized spacial score (nSPS) is 16.9. The number of thiophene rings is 1. The lowest BCUT2D eigenvalue weighted by Gasteiger charge is -2.27. The molecule has 0 fully saturated rings. The van der Waals surface area contributed by atoms with E-state index in [0.717, 1.165) is 30.8 Å². The van der Waals surface area contributed by atoms with Gasteiger partial charge in [-0.2, -0.15) is 0 Å². The highest BCUT2D eigenvalue weighted by Gasteiger charge is 2.15. The average Bonchev–Trinajstić information content (AvgIpc) is 2.83. The van der Waals surface area contributed by atoms with Crippen LogP contribution in [-0.4, -0.2) is 24.0 Å². The molecule has 0 aliphatic carbocycles. The van der Waals surface area contributed by atoms with Crippen LogP contribution in [-0.2, 0) is 0 Å². The Kier molecular flexibility index (Phi) is 3.74. The molecule has 3 nitrogen and oxygen atoms in total. The SMILES string of the molecule is CCC1=CCCN(NC(=O)c2cccs2)C1. The van der Waals surface area contributed by atoms with Gasteiger partial charge in [-0.05, 0) is 24.3 Å². The van der Waals surface area contributed by atoms with Crippen LogP contribution in [0, 0.1) is 0 Å². The Morgan fingerprint density at radius 3 is 3.19 bits per heavy atom. The molecule has 4 heteroatoms. The number of amides is 1. The Morgan fingerprint density at radius 2 is 2.50 bits per heavy atom. The van der Waals surface area contributed by atoms with Crippen molar-refractivity contribution in [2.45, 2.75) is 19.8 Å². The van der Waals surface area contributed by atoms with Gasteiger partial charge in [0.25, 0.3) is 5.91 Å². The van der Waals surface area contributed by atoms with Crippen LogP contribution in [0.3, 0.4) is 0 Å². The number of nitrogens with one attached hydrogen (secondary N) is 1. The lowest BCUT2D eigenvalue weighted by Crippen LogP contribution is -2.44. The first-order valence-corrected chi connectivity index (χ1v) is 6.45. The predicted molar refractivity (Wildman–Crippen MR) is 66.3 cm³/mol. The molecular formula is C12H16N2OS. The molecule has 1 aliphatic heterocycles. The lowest BCUT2D eigenvalue weighted by molar-refractivity contribution is 0.0802. The van der Waals surface area contributed by atoms with Crippen LogP contribution in [0.15, 0.2) is 29.2 Å². The van der Waals surface area contributed by atoms with E-state index in [-0.39, 0.29) is 5.91 Å². The Hall–Kier alpha value is -1.13. The summed E-state index contributed by atoms with van der Waals surface area (Å²) in [7, 11) is 0. The number of hydrazine groups is 1. The van der Waals surface area contributed by atoms with E-state index in [1.807, 2.05) is 22.5 Å². The molecule has 1 N–H and O–H groups in total. The van der Waals surface area contributed by atoms with Crippen molar-refractivity contribution in [2.24, 2.45) is 0 Å². The van der Waals surface area contributed by atoms with Crippen LogP contribution in [0.25, 0.3) is 0 Å². The fraction of sp³-hybridized carbons (Fsp3) is 0.417. The van der Waals surface area contributed by atoms with Gasteiger partial charge in [-0.15, -0.1) is 11.3 Å². The first kappa shape index (κ1) is 11.4. The lowest BCUT2D eigenvalue weighted by atomic mass is 10.1. The zero-order valence-corrected chi connectivity index (χ0v) is 10.2. The second kappa shape index (κ2) is 5.27. The molecule has 1 aliphatic rings. The van der Waals surface area contributed by atoms with Crippen LogP contribution in [0.5, 0.6) is 0 Å².